The minimum atomic E-state index is 0.579. The van der Waals surface area contributed by atoms with E-state index in [1.165, 1.54) is 19.3 Å². The van der Waals surface area contributed by atoms with Crippen molar-refractivity contribution in [3.05, 3.63) is 17.6 Å². The summed E-state index contributed by atoms with van der Waals surface area (Å²) < 4.78 is 0. The van der Waals surface area contributed by atoms with E-state index in [0.29, 0.717) is 6.04 Å². The summed E-state index contributed by atoms with van der Waals surface area (Å²) >= 11 is 0. The van der Waals surface area contributed by atoms with Gasteiger partial charge in [0.2, 0.25) is 0 Å². The molecule has 3 unspecified atom stereocenters. The largest absolute Gasteiger partial charge is 0.367 e. The van der Waals surface area contributed by atoms with Crippen molar-refractivity contribution in [1.82, 2.24) is 9.97 Å². The second-order valence-corrected chi connectivity index (χ2v) is 5.75. The zero-order valence-electron chi connectivity index (χ0n) is 12.0. The Morgan fingerprint density at radius 3 is 2.67 bits per heavy atom. The highest BCUT2D eigenvalue weighted by Gasteiger charge is 2.24. The first-order chi connectivity index (χ1) is 8.58. The normalized spacial score (nSPS) is 28.1. The van der Waals surface area contributed by atoms with E-state index in [0.717, 1.165) is 35.6 Å². The fourth-order valence-corrected chi connectivity index (χ4v) is 2.77. The van der Waals surface area contributed by atoms with E-state index < -0.39 is 0 Å². The Kier molecular flexibility index (Phi) is 4.20. The van der Waals surface area contributed by atoms with Gasteiger partial charge in [0, 0.05) is 17.8 Å². The van der Waals surface area contributed by atoms with Crippen LogP contribution >= 0.6 is 0 Å². The van der Waals surface area contributed by atoms with Gasteiger partial charge < -0.3 is 5.32 Å². The number of nitrogens with zero attached hydrogens (tertiary/aromatic N) is 2. The number of hydrogen-bond acceptors (Lipinski definition) is 3. The molecular weight excluding hydrogens is 222 g/mol. The molecule has 100 valence electrons. The van der Waals surface area contributed by atoms with Gasteiger partial charge in [0.15, 0.2) is 0 Å². The second-order valence-electron chi connectivity index (χ2n) is 5.75. The van der Waals surface area contributed by atoms with Crippen molar-refractivity contribution < 1.29 is 0 Å². The maximum atomic E-state index is 4.50. The Balaban J connectivity index is 2.03. The van der Waals surface area contributed by atoms with Gasteiger partial charge in [-0.15, -0.1) is 0 Å². The van der Waals surface area contributed by atoms with Gasteiger partial charge in [0.1, 0.15) is 11.6 Å². The molecule has 0 aromatic carbocycles. The number of anilines is 1. The van der Waals surface area contributed by atoms with Crippen molar-refractivity contribution in [3.8, 4) is 0 Å². The molecule has 1 aliphatic rings. The van der Waals surface area contributed by atoms with Gasteiger partial charge in [-0.3, -0.25) is 0 Å². The summed E-state index contributed by atoms with van der Waals surface area (Å²) in [6, 6.07) is 2.67. The fourth-order valence-electron chi connectivity index (χ4n) is 2.77. The smallest absolute Gasteiger partial charge is 0.130 e. The Hall–Kier alpha value is -1.12. The molecule has 0 radical (unpaired) electrons. The number of rotatable bonds is 3. The lowest BCUT2D eigenvalue weighted by atomic mass is 9.79. The lowest BCUT2D eigenvalue weighted by Gasteiger charge is -2.32. The van der Waals surface area contributed by atoms with E-state index in [1.807, 2.05) is 6.92 Å². The molecule has 1 fully saturated rings. The molecule has 3 atom stereocenters. The van der Waals surface area contributed by atoms with Crippen LogP contribution in [0.3, 0.4) is 0 Å². The highest BCUT2D eigenvalue weighted by atomic mass is 15.0. The monoisotopic (exact) mass is 247 g/mol. The summed E-state index contributed by atoms with van der Waals surface area (Å²) in [4.78, 5) is 8.92. The molecule has 18 heavy (non-hydrogen) atoms. The van der Waals surface area contributed by atoms with E-state index >= 15 is 0 Å². The Labute approximate surface area is 110 Å². The van der Waals surface area contributed by atoms with E-state index in [4.69, 9.17) is 0 Å². The summed E-state index contributed by atoms with van der Waals surface area (Å²) in [5.41, 5.74) is 1.13. The second kappa shape index (κ2) is 5.68. The van der Waals surface area contributed by atoms with Crippen molar-refractivity contribution in [3.63, 3.8) is 0 Å². The highest BCUT2D eigenvalue weighted by molar-refractivity contribution is 5.37. The quantitative estimate of drug-likeness (QED) is 0.887. The Bertz CT molecular complexity index is 403. The fraction of sp³-hybridized carbons (Fsp3) is 0.733. The van der Waals surface area contributed by atoms with Crippen LogP contribution in [0.2, 0.25) is 0 Å². The zero-order valence-corrected chi connectivity index (χ0v) is 12.0. The first-order valence-corrected chi connectivity index (χ1v) is 7.19. The molecule has 1 aromatic heterocycles. The average Bonchev–Trinajstić information content (AvgIpc) is 2.33. The topological polar surface area (TPSA) is 37.8 Å². The molecule has 0 saturated heterocycles. The third kappa shape index (κ3) is 3.21. The minimum absolute atomic E-state index is 0.579. The molecule has 1 N–H and O–H groups in total. The van der Waals surface area contributed by atoms with Crippen molar-refractivity contribution >= 4 is 5.82 Å². The first-order valence-electron chi connectivity index (χ1n) is 7.19. The standard InChI is InChI=1S/C15H25N3/c1-5-13-9-15(17-12(4)16-13)18-14-7-6-10(2)11(3)8-14/h9-11,14H,5-8H2,1-4H3,(H,16,17,18). The molecule has 1 saturated carbocycles. The first kappa shape index (κ1) is 13.3. The number of nitrogens with one attached hydrogen (secondary N) is 1. The van der Waals surface area contributed by atoms with Gasteiger partial charge in [0.25, 0.3) is 0 Å². The molecule has 3 heteroatoms. The minimum Gasteiger partial charge on any atom is -0.367 e. The summed E-state index contributed by atoms with van der Waals surface area (Å²) in [6.07, 6.45) is 4.81. The predicted molar refractivity (Wildman–Crippen MR) is 75.7 cm³/mol. The SMILES string of the molecule is CCc1cc(NC2CCC(C)C(C)C2)nc(C)n1. The van der Waals surface area contributed by atoms with Crippen molar-refractivity contribution in [2.75, 3.05) is 5.32 Å². The lowest BCUT2D eigenvalue weighted by Crippen LogP contribution is -2.30. The van der Waals surface area contributed by atoms with Gasteiger partial charge in [-0.1, -0.05) is 20.8 Å². The van der Waals surface area contributed by atoms with Crippen LogP contribution in [0.15, 0.2) is 6.07 Å². The maximum absolute atomic E-state index is 4.50. The third-order valence-electron chi connectivity index (χ3n) is 4.20. The Morgan fingerprint density at radius 2 is 2.00 bits per heavy atom. The van der Waals surface area contributed by atoms with E-state index in [-0.39, 0.29) is 0 Å². The van der Waals surface area contributed by atoms with Crippen LogP contribution in [-0.2, 0) is 6.42 Å². The van der Waals surface area contributed by atoms with Crippen LogP contribution < -0.4 is 5.32 Å². The highest BCUT2D eigenvalue weighted by Crippen LogP contribution is 2.30. The predicted octanol–water partition coefficient (Wildman–Crippen LogP) is 3.58. The van der Waals surface area contributed by atoms with E-state index in [1.54, 1.807) is 0 Å². The van der Waals surface area contributed by atoms with Gasteiger partial charge in [-0.25, -0.2) is 9.97 Å². The van der Waals surface area contributed by atoms with Crippen molar-refractivity contribution in [1.29, 1.82) is 0 Å². The van der Waals surface area contributed by atoms with Crippen LogP contribution in [0.1, 0.15) is 51.6 Å². The number of aryl methyl sites for hydroxylation is 2. The van der Waals surface area contributed by atoms with Crippen LogP contribution in [0.4, 0.5) is 5.82 Å². The zero-order chi connectivity index (χ0) is 13.1. The van der Waals surface area contributed by atoms with Crippen LogP contribution in [0, 0.1) is 18.8 Å². The Morgan fingerprint density at radius 1 is 1.22 bits per heavy atom. The maximum Gasteiger partial charge on any atom is 0.130 e. The average molecular weight is 247 g/mol. The molecular formula is C15H25N3. The van der Waals surface area contributed by atoms with Crippen LogP contribution in [0.5, 0.6) is 0 Å². The van der Waals surface area contributed by atoms with Gasteiger partial charge in [-0.05, 0) is 44.4 Å². The summed E-state index contributed by atoms with van der Waals surface area (Å²) in [5, 5.41) is 3.60. The van der Waals surface area contributed by atoms with Crippen molar-refractivity contribution in [2.45, 2.75) is 59.4 Å². The molecule has 2 rings (SSSR count). The molecule has 0 spiro atoms. The van der Waals surface area contributed by atoms with Crippen LogP contribution in [-0.4, -0.2) is 16.0 Å². The summed E-state index contributed by atoms with van der Waals surface area (Å²) in [7, 11) is 0. The summed E-state index contributed by atoms with van der Waals surface area (Å²) in [5.74, 6) is 3.55. The molecule has 1 heterocycles. The van der Waals surface area contributed by atoms with E-state index in [2.05, 4.69) is 42.1 Å². The molecule has 0 amide bonds. The molecule has 0 aliphatic heterocycles. The number of aromatic nitrogens is 2. The summed E-state index contributed by atoms with van der Waals surface area (Å²) in [6.45, 7) is 8.83. The third-order valence-corrected chi connectivity index (χ3v) is 4.20. The van der Waals surface area contributed by atoms with Gasteiger partial charge >= 0.3 is 0 Å². The molecule has 3 nitrogen and oxygen atoms in total. The molecule has 1 aliphatic carbocycles. The van der Waals surface area contributed by atoms with Gasteiger partial charge in [-0.2, -0.15) is 0 Å². The number of hydrogen-bond donors (Lipinski definition) is 1. The lowest BCUT2D eigenvalue weighted by molar-refractivity contribution is 0.260. The van der Waals surface area contributed by atoms with Crippen LogP contribution in [0.25, 0.3) is 0 Å². The van der Waals surface area contributed by atoms with Gasteiger partial charge in [0.05, 0.1) is 0 Å². The molecule has 0 bridgehead atoms. The molecule has 1 aromatic rings. The van der Waals surface area contributed by atoms with E-state index in [9.17, 15) is 0 Å². The van der Waals surface area contributed by atoms with Crippen molar-refractivity contribution in [2.24, 2.45) is 11.8 Å².